The van der Waals surface area contributed by atoms with Crippen LogP contribution >= 0.6 is 0 Å². The second-order valence-electron chi connectivity index (χ2n) is 10.6. The minimum absolute atomic E-state index is 0.692. The molecule has 35 heavy (non-hydrogen) atoms. The van der Waals surface area contributed by atoms with Gasteiger partial charge in [0.2, 0.25) is 0 Å². The lowest BCUT2D eigenvalue weighted by Gasteiger charge is -2.28. The zero-order valence-corrected chi connectivity index (χ0v) is 22.2. The quantitative estimate of drug-likeness (QED) is 0.175. The Hall–Kier alpha value is -2.12. The van der Waals surface area contributed by atoms with Crippen LogP contribution < -0.4 is 0 Å². The SMILES string of the molecule is C=CCCC[C@H]1CC[C@H](CCc2ccc(CCCCc3ccc(COC/C=C/C)cc3)cc2)CC1. The molecule has 0 N–H and O–H groups in total. The largest absolute Gasteiger partial charge is 0.373 e. The monoisotopic (exact) mass is 472 g/mol. The van der Waals surface area contributed by atoms with Crippen LogP contribution in [0.5, 0.6) is 0 Å². The van der Waals surface area contributed by atoms with E-state index >= 15 is 0 Å². The van der Waals surface area contributed by atoms with Crippen LogP contribution in [0.4, 0.5) is 0 Å². The number of aryl methyl sites for hydroxylation is 3. The van der Waals surface area contributed by atoms with Gasteiger partial charge in [0.15, 0.2) is 0 Å². The van der Waals surface area contributed by atoms with E-state index < -0.39 is 0 Å². The molecule has 2 aromatic carbocycles. The van der Waals surface area contributed by atoms with Crippen molar-refractivity contribution in [1.82, 2.24) is 0 Å². The Morgan fingerprint density at radius 1 is 0.714 bits per heavy atom. The van der Waals surface area contributed by atoms with Crippen LogP contribution in [-0.4, -0.2) is 6.61 Å². The smallest absolute Gasteiger partial charge is 0.0721 e. The van der Waals surface area contributed by atoms with Crippen molar-refractivity contribution < 1.29 is 4.74 Å². The summed E-state index contributed by atoms with van der Waals surface area (Å²) < 4.78 is 5.63. The number of allylic oxidation sites excluding steroid dienone is 2. The molecule has 1 fully saturated rings. The van der Waals surface area contributed by atoms with E-state index in [1.807, 2.05) is 19.1 Å². The highest BCUT2D eigenvalue weighted by molar-refractivity contribution is 5.24. The van der Waals surface area contributed by atoms with Crippen molar-refractivity contribution in [2.24, 2.45) is 11.8 Å². The summed E-state index contributed by atoms with van der Waals surface area (Å²) in [7, 11) is 0. The van der Waals surface area contributed by atoms with Crippen molar-refractivity contribution in [1.29, 1.82) is 0 Å². The molecule has 0 spiro atoms. The first-order valence-corrected chi connectivity index (χ1v) is 14.2. The maximum atomic E-state index is 5.63. The number of rotatable bonds is 16. The van der Waals surface area contributed by atoms with Crippen LogP contribution in [-0.2, 0) is 30.6 Å². The fraction of sp³-hybridized carbons (Fsp3) is 0.529. The normalized spacial score (nSPS) is 18.2. The fourth-order valence-corrected chi connectivity index (χ4v) is 5.40. The Balaban J connectivity index is 1.26. The van der Waals surface area contributed by atoms with E-state index in [9.17, 15) is 0 Å². The van der Waals surface area contributed by atoms with E-state index in [1.165, 1.54) is 99.3 Å². The van der Waals surface area contributed by atoms with Crippen molar-refractivity contribution in [3.63, 3.8) is 0 Å². The molecular formula is C34H48O. The highest BCUT2D eigenvalue weighted by atomic mass is 16.5. The molecule has 0 radical (unpaired) electrons. The van der Waals surface area contributed by atoms with Gasteiger partial charge in [0.05, 0.1) is 13.2 Å². The average molecular weight is 473 g/mol. The number of hydrogen-bond acceptors (Lipinski definition) is 1. The zero-order valence-electron chi connectivity index (χ0n) is 22.2. The third-order valence-corrected chi connectivity index (χ3v) is 7.77. The summed E-state index contributed by atoms with van der Waals surface area (Å²) in [5.74, 6) is 1.93. The molecule has 0 heterocycles. The van der Waals surface area contributed by atoms with Gasteiger partial charge in [0.1, 0.15) is 0 Å². The Kier molecular flexibility index (Phi) is 13.0. The van der Waals surface area contributed by atoms with Crippen molar-refractivity contribution in [3.8, 4) is 0 Å². The predicted octanol–water partition coefficient (Wildman–Crippen LogP) is 9.44. The van der Waals surface area contributed by atoms with Crippen molar-refractivity contribution in [3.05, 3.63) is 95.6 Å². The molecule has 190 valence electrons. The minimum Gasteiger partial charge on any atom is -0.373 e. The van der Waals surface area contributed by atoms with Crippen LogP contribution in [0.15, 0.2) is 73.3 Å². The summed E-state index contributed by atoms with van der Waals surface area (Å²) in [6.45, 7) is 7.26. The van der Waals surface area contributed by atoms with Crippen molar-refractivity contribution >= 4 is 0 Å². The second kappa shape index (κ2) is 16.5. The van der Waals surface area contributed by atoms with Gasteiger partial charge in [-0.05, 0) is 92.4 Å². The standard InChI is InChI=1S/C34H48O/c1-3-5-7-10-29-13-17-32(18-14-29)21-22-33-19-15-30(16-20-33)11-8-9-12-31-23-25-34(26-24-31)28-35-27-6-4-2/h3-4,6,15-16,19-20,23-26,29,32H,1,5,7-14,17-18,21-22,27-28H2,2H3/b6-4+/t29-,32-. The number of ether oxygens (including phenoxy) is 1. The summed E-state index contributed by atoms with van der Waals surface area (Å²) in [5, 5.41) is 0. The highest BCUT2D eigenvalue weighted by Gasteiger charge is 2.20. The Morgan fingerprint density at radius 2 is 1.23 bits per heavy atom. The highest BCUT2D eigenvalue weighted by Crippen LogP contribution is 2.34. The van der Waals surface area contributed by atoms with E-state index in [2.05, 4.69) is 61.2 Å². The summed E-state index contributed by atoms with van der Waals surface area (Å²) in [4.78, 5) is 0. The lowest BCUT2D eigenvalue weighted by Crippen LogP contribution is -2.15. The van der Waals surface area contributed by atoms with Gasteiger partial charge in [-0.25, -0.2) is 0 Å². The molecule has 0 aliphatic heterocycles. The molecule has 0 saturated heterocycles. The van der Waals surface area contributed by atoms with E-state index in [4.69, 9.17) is 4.74 Å². The molecule has 0 atom stereocenters. The van der Waals surface area contributed by atoms with E-state index in [1.54, 1.807) is 0 Å². The third-order valence-electron chi connectivity index (χ3n) is 7.77. The minimum atomic E-state index is 0.692. The molecule has 1 aliphatic rings. The molecule has 0 aromatic heterocycles. The maximum absolute atomic E-state index is 5.63. The van der Waals surface area contributed by atoms with E-state index in [-0.39, 0.29) is 0 Å². The molecular weight excluding hydrogens is 424 g/mol. The van der Waals surface area contributed by atoms with Crippen LogP contribution in [0.3, 0.4) is 0 Å². The summed E-state index contributed by atoms with van der Waals surface area (Å²) in [6, 6.07) is 18.4. The number of benzene rings is 2. The van der Waals surface area contributed by atoms with Crippen LogP contribution in [0.25, 0.3) is 0 Å². The molecule has 1 saturated carbocycles. The van der Waals surface area contributed by atoms with Crippen LogP contribution in [0.2, 0.25) is 0 Å². The van der Waals surface area contributed by atoms with Gasteiger partial charge in [0, 0.05) is 0 Å². The maximum Gasteiger partial charge on any atom is 0.0721 e. The molecule has 1 heteroatoms. The van der Waals surface area contributed by atoms with Gasteiger partial charge in [-0.1, -0.05) is 98.9 Å². The van der Waals surface area contributed by atoms with Crippen LogP contribution in [0, 0.1) is 11.8 Å². The Bertz CT molecular complexity index is 837. The van der Waals surface area contributed by atoms with Gasteiger partial charge in [-0.15, -0.1) is 6.58 Å². The van der Waals surface area contributed by atoms with E-state index in [0.717, 1.165) is 18.3 Å². The first-order valence-electron chi connectivity index (χ1n) is 14.2. The summed E-state index contributed by atoms with van der Waals surface area (Å²) >= 11 is 0. The topological polar surface area (TPSA) is 9.23 Å². The van der Waals surface area contributed by atoms with E-state index in [0.29, 0.717) is 13.2 Å². The fourth-order valence-electron chi connectivity index (χ4n) is 5.40. The zero-order chi connectivity index (χ0) is 24.6. The molecule has 1 nitrogen and oxygen atoms in total. The third kappa shape index (κ3) is 11.0. The van der Waals surface area contributed by atoms with Crippen molar-refractivity contribution in [2.45, 2.75) is 97.0 Å². The van der Waals surface area contributed by atoms with Crippen LogP contribution in [0.1, 0.15) is 93.4 Å². The van der Waals surface area contributed by atoms with Gasteiger partial charge >= 0.3 is 0 Å². The van der Waals surface area contributed by atoms with Gasteiger partial charge < -0.3 is 4.74 Å². The summed E-state index contributed by atoms with van der Waals surface area (Å²) in [6.07, 6.45) is 23.4. The molecule has 0 unspecified atom stereocenters. The summed E-state index contributed by atoms with van der Waals surface area (Å²) in [5.41, 5.74) is 5.70. The van der Waals surface area contributed by atoms with Crippen molar-refractivity contribution in [2.75, 3.05) is 6.61 Å². The first kappa shape index (κ1) is 27.5. The van der Waals surface area contributed by atoms with Gasteiger partial charge in [-0.3, -0.25) is 0 Å². The molecule has 3 rings (SSSR count). The lowest BCUT2D eigenvalue weighted by atomic mass is 9.78. The Labute approximate surface area is 215 Å². The lowest BCUT2D eigenvalue weighted by molar-refractivity contribution is 0.148. The molecule has 0 bridgehead atoms. The first-order chi connectivity index (χ1) is 17.3. The predicted molar refractivity (Wildman–Crippen MR) is 152 cm³/mol. The molecule has 2 aromatic rings. The second-order valence-corrected chi connectivity index (χ2v) is 10.6. The van der Waals surface area contributed by atoms with Gasteiger partial charge in [0.25, 0.3) is 0 Å². The van der Waals surface area contributed by atoms with Gasteiger partial charge in [-0.2, -0.15) is 0 Å². The molecule has 0 amide bonds. The Morgan fingerprint density at radius 3 is 1.77 bits per heavy atom. The number of unbranched alkanes of at least 4 members (excludes halogenated alkanes) is 2. The molecule has 1 aliphatic carbocycles. The average Bonchev–Trinajstić information content (AvgIpc) is 2.90. The number of hydrogen-bond donors (Lipinski definition) is 0.